The summed E-state index contributed by atoms with van der Waals surface area (Å²) >= 11 is 0. The topological polar surface area (TPSA) is 127 Å². The smallest absolute Gasteiger partial charge is 0.308 e. The highest BCUT2D eigenvalue weighted by Crippen LogP contribution is 2.21. The Balaban J connectivity index is 2.11. The van der Waals surface area contributed by atoms with Gasteiger partial charge in [0, 0.05) is 18.8 Å². The van der Waals surface area contributed by atoms with E-state index >= 15 is 0 Å². The number of carbonyl (C=O) groups excluding carboxylic acids is 1. The summed E-state index contributed by atoms with van der Waals surface area (Å²) in [7, 11) is 0. The Morgan fingerprint density at radius 2 is 2.00 bits per heavy atom. The third-order valence-electron chi connectivity index (χ3n) is 3.76. The fourth-order valence-electron chi connectivity index (χ4n) is 2.54. The highest BCUT2D eigenvalue weighted by atomic mass is 16.6. The first-order valence-corrected chi connectivity index (χ1v) is 8.10. The third-order valence-corrected chi connectivity index (χ3v) is 3.76. The molecule has 0 saturated heterocycles. The second-order valence-corrected chi connectivity index (χ2v) is 6.27. The predicted molar refractivity (Wildman–Crippen MR) is 93.1 cm³/mol. The maximum atomic E-state index is 12.2. The van der Waals surface area contributed by atoms with Crippen LogP contribution in [0.1, 0.15) is 30.8 Å². The fourth-order valence-corrected chi connectivity index (χ4v) is 2.54. The number of nitrogens with zero attached hydrogens (tertiary/aromatic N) is 3. The molecule has 0 aliphatic heterocycles. The van der Waals surface area contributed by atoms with E-state index in [2.05, 4.69) is 10.4 Å². The van der Waals surface area contributed by atoms with Gasteiger partial charge in [-0.15, -0.1) is 0 Å². The summed E-state index contributed by atoms with van der Waals surface area (Å²) in [6.45, 7) is 3.81. The van der Waals surface area contributed by atoms with Gasteiger partial charge in [0.05, 0.1) is 10.8 Å². The molecule has 138 valence electrons. The van der Waals surface area contributed by atoms with Crippen LogP contribution in [0.15, 0.2) is 36.5 Å². The molecular formula is C17H20N4O5. The van der Waals surface area contributed by atoms with Crippen LogP contribution >= 0.6 is 0 Å². The normalized spacial score (nSPS) is 12.0. The molecule has 0 spiro atoms. The molecule has 0 bridgehead atoms. The number of carboxylic acid groups (broad SMARTS) is 1. The van der Waals surface area contributed by atoms with Crippen molar-refractivity contribution in [3.05, 3.63) is 52.3 Å². The van der Waals surface area contributed by atoms with Gasteiger partial charge < -0.3 is 10.4 Å². The van der Waals surface area contributed by atoms with Crippen LogP contribution < -0.4 is 5.32 Å². The number of hydrogen-bond donors (Lipinski definition) is 2. The Kier molecular flexibility index (Phi) is 6.05. The van der Waals surface area contributed by atoms with Crippen LogP contribution in [-0.4, -0.2) is 38.2 Å². The fraction of sp³-hybridized carbons (Fsp3) is 0.353. The Hall–Kier alpha value is -3.23. The molecule has 1 aromatic heterocycles. The number of carboxylic acids is 1. The number of aliphatic carboxylic acids is 1. The lowest BCUT2D eigenvalue weighted by Gasteiger charge is -2.14. The number of para-hydroxylation sites is 2. The van der Waals surface area contributed by atoms with Gasteiger partial charge in [0.25, 0.3) is 11.6 Å². The highest BCUT2D eigenvalue weighted by molar-refractivity contribution is 5.92. The quantitative estimate of drug-likeness (QED) is 0.549. The van der Waals surface area contributed by atoms with Crippen molar-refractivity contribution >= 4 is 17.6 Å². The van der Waals surface area contributed by atoms with Gasteiger partial charge in [0.1, 0.15) is 5.69 Å². The maximum absolute atomic E-state index is 12.2. The average Bonchev–Trinajstić information content (AvgIpc) is 3.07. The minimum atomic E-state index is -0.968. The number of benzene rings is 1. The maximum Gasteiger partial charge on any atom is 0.308 e. The molecule has 1 amide bonds. The van der Waals surface area contributed by atoms with E-state index in [-0.39, 0.29) is 29.5 Å². The number of aromatic nitrogens is 2. The van der Waals surface area contributed by atoms with Crippen molar-refractivity contribution in [2.24, 2.45) is 11.8 Å². The molecule has 2 N–H and O–H groups in total. The summed E-state index contributed by atoms with van der Waals surface area (Å²) in [6.07, 6.45) is 1.89. The highest BCUT2D eigenvalue weighted by Gasteiger charge is 2.21. The van der Waals surface area contributed by atoms with Crippen molar-refractivity contribution < 1.29 is 19.6 Å². The molecule has 0 aliphatic rings. The zero-order valence-electron chi connectivity index (χ0n) is 14.5. The summed E-state index contributed by atoms with van der Waals surface area (Å²) in [5.41, 5.74) is 0.155. The monoisotopic (exact) mass is 360 g/mol. The Morgan fingerprint density at radius 3 is 2.62 bits per heavy atom. The molecule has 1 heterocycles. The summed E-state index contributed by atoms with van der Waals surface area (Å²) in [4.78, 5) is 34.0. The van der Waals surface area contributed by atoms with E-state index in [9.17, 15) is 24.8 Å². The zero-order valence-corrected chi connectivity index (χ0v) is 14.5. The summed E-state index contributed by atoms with van der Waals surface area (Å²) < 4.78 is 1.25. The molecule has 0 saturated carbocycles. The van der Waals surface area contributed by atoms with E-state index in [0.29, 0.717) is 6.42 Å². The van der Waals surface area contributed by atoms with E-state index in [1.54, 1.807) is 12.1 Å². The molecular weight excluding hydrogens is 340 g/mol. The second kappa shape index (κ2) is 8.24. The Labute approximate surface area is 149 Å². The van der Waals surface area contributed by atoms with E-state index in [4.69, 9.17) is 0 Å². The minimum Gasteiger partial charge on any atom is -0.481 e. The molecule has 0 fully saturated rings. The van der Waals surface area contributed by atoms with Crippen molar-refractivity contribution in [1.82, 2.24) is 15.1 Å². The standard InChI is InChI=1S/C17H20N4O5/c1-11(2)9-12(17(23)24)10-18-16(22)13-7-8-20(19-13)14-5-3-4-6-15(14)21(25)26/h3-8,11-12H,9-10H2,1-2H3,(H,18,22)(H,23,24). The van der Waals surface area contributed by atoms with Gasteiger partial charge in [0.15, 0.2) is 5.69 Å². The van der Waals surface area contributed by atoms with Gasteiger partial charge in [0.2, 0.25) is 0 Å². The summed E-state index contributed by atoms with van der Waals surface area (Å²) in [5.74, 6) is -2.00. The number of nitro benzene ring substituents is 1. The molecule has 1 aromatic carbocycles. The lowest BCUT2D eigenvalue weighted by atomic mass is 9.97. The van der Waals surface area contributed by atoms with Crippen LogP contribution in [-0.2, 0) is 4.79 Å². The van der Waals surface area contributed by atoms with Gasteiger partial charge in [-0.2, -0.15) is 5.10 Å². The average molecular weight is 360 g/mol. The van der Waals surface area contributed by atoms with E-state index in [1.807, 2.05) is 13.8 Å². The molecule has 9 nitrogen and oxygen atoms in total. The number of carbonyl (C=O) groups is 2. The predicted octanol–water partition coefficient (Wildman–Crippen LogP) is 2.26. The first-order valence-electron chi connectivity index (χ1n) is 8.10. The van der Waals surface area contributed by atoms with Crippen LogP contribution in [0.25, 0.3) is 5.69 Å². The molecule has 2 aromatic rings. The van der Waals surface area contributed by atoms with E-state index in [0.717, 1.165) is 0 Å². The molecule has 1 unspecified atom stereocenters. The van der Waals surface area contributed by atoms with Crippen molar-refractivity contribution in [3.63, 3.8) is 0 Å². The van der Waals surface area contributed by atoms with Gasteiger partial charge >= 0.3 is 5.97 Å². The zero-order chi connectivity index (χ0) is 19.3. The largest absolute Gasteiger partial charge is 0.481 e. The van der Waals surface area contributed by atoms with Gasteiger partial charge in [-0.3, -0.25) is 19.7 Å². The number of nitro groups is 1. The van der Waals surface area contributed by atoms with Crippen LogP contribution in [0.4, 0.5) is 5.69 Å². The van der Waals surface area contributed by atoms with E-state index < -0.39 is 22.7 Å². The number of nitrogens with one attached hydrogen (secondary N) is 1. The summed E-state index contributed by atoms with van der Waals surface area (Å²) in [6, 6.07) is 7.47. The van der Waals surface area contributed by atoms with E-state index in [1.165, 1.54) is 29.1 Å². The Bertz CT molecular complexity index is 815. The number of amides is 1. The van der Waals surface area contributed by atoms with Crippen LogP contribution in [0, 0.1) is 22.0 Å². The van der Waals surface area contributed by atoms with Gasteiger partial charge in [-0.05, 0) is 24.5 Å². The molecule has 1 atom stereocenters. The number of rotatable bonds is 8. The third kappa shape index (κ3) is 4.65. The van der Waals surface area contributed by atoms with Crippen molar-refractivity contribution in [2.75, 3.05) is 6.54 Å². The molecule has 9 heteroatoms. The lowest BCUT2D eigenvalue weighted by Crippen LogP contribution is -2.34. The Morgan fingerprint density at radius 1 is 1.31 bits per heavy atom. The van der Waals surface area contributed by atoms with Crippen molar-refractivity contribution in [3.8, 4) is 5.69 Å². The first kappa shape index (κ1) is 19.1. The van der Waals surface area contributed by atoms with Crippen LogP contribution in [0.5, 0.6) is 0 Å². The SMILES string of the molecule is CC(C)CC(CNC(=O)c1ccn(-c2ccccc2[N+](=O)[O-])n1)C(=O)O. The first-order chi connectivity index (χ1) is 12.3. The molecule has 2 rings (SSSR count). The molecule has 0 radical (unpaired) electrons. The van der Waals surface area contributed by atoms with Gasteiger partial charge in [-0.1, -0.05) is 26.0 Å². The lowest BCUT2D eigenvalue weighted by molar-refractivity contribution is -0.384. The summed E-state index contributed by atoms with van der Waals surface area (Å²) in [5, 5.41) is 26.9. The van der Waals surface area contributed by atoms with Crippen molar-refractivity contribution in [2.45, 2.75) is 20.3 Å². The van der Waals surface area contributed by atoms with Crippen molar-refractivity contribution in [1.29, 1.82) is 0 Å². The second-order valence-electron chi connectivity index (χ2n) is 6.27. The number of hydrogen-bond acceptors (Lipinski definition) is 5. The minimum absolute atomic E-state index is 0.00923. The van der Waals surface area contributed by atoms with Gasteiger partial charge in [-0.25, -0.2) is 4.68 Å². The van der Waals surface area contributed by atoms with Crippen LogP contribution in [0.2, 0.25) is 0 Å². The molecule has 0 aliphatic carbocycles. The van der Waals surface area contributed by atoms with Crippen LogP contribution in [0.3, 0.4) is 0 Å². The molecule has 26 heavy (non-hydrogen) atoms.